The Morgan fingerprint density at radius 2 is 2.17 bits per heavy atom. The SMILES string of the molecule is O=C(NCCCn1ccc2cnc(Nc3cccc(F)c3)nc21)Oc1cccs1. The molecule has 7 nitrogen and oxygen atoms in total. The summed E-state index contributed by atoms with van der Waals surface area (Å²) in [6.45, 7) is 1.14. The van der Waals surface area contributed by atoms with Gasteiger partial charge in [-0.2, -0.15) is 4.98 Å². The van der Waals surface area contributed by atoms with Crippen molar-refractivity contribution in [3.8, 4) is 5.06 Å². The number of ether oxygens (including phenoxy) is 1. The van der Waals surface area contributed by atoms with Crippen molar-refractivity contribution >= 4 is 40.1 Å². The second kappa shape index (κ2) is 8.70. The van der Waals surface area contributed by atoms with Crippen LogP contribution >= 0.6 is 11.3 Å². The zero-order chi connectivity index (χ0) is 20.1. The molecule has 0 bridgehead atoms. The van der Waals surface area contributed by atoms with Crippen LogP contribution < -0.4 is 15.4 Å². The van der Waals surface area contributed by atoms with Gasteiger partial charge < -0.3 is 19.9 Å². The van der Waals surface area contributed by atoms with Gasteiger partial charge >= 0.3 is 6.09 Å². The summed E-state index contributed by atoms with van der Waals surface area (Å²) >= 11 is 1.36. The van der Waals surface area contributed by atoms with Crippen molar-refractivity contribution in [2.75, 3.05) is 11.9 Å². The highest BCUT2D eigenvalue weighted by Crippen LogP contribution is 2.19. The fraction of sp³-hybridized carbons (Fsp3) is 0.150. The summed E-state index contributed by atoms with van der Waals surface area (Å²) in [5.41, 5.74) is 1.34. The number of aromatic nitrogens is 3. The largest absolute Gasteiger partial charge is 0.413 e. The number of carbonyl (C=O) groups is 1. The zero-order valence-electron chi connectivity index (χ0n) is 15.3. The molecule has 0 unspecified atom stereocenters. The summed E-state index contributed by atoms with van der Waals surface area (Å²) in [5.74, 6) is 0.0604. The van der Waals surface area contributed by atoms with Crippen molar-refractivity contribution in [2.45, 2.75) is 13.0 Å². The molecule has 0 atom stereocenters. The summed E-state index contributed by atoms with van der Waals surface area (Å²) < 4.78 is 20.5. The Balaban J connectivity index is 1.34. The average Bonchev–Trinajstić information content (AvgIpc) is 3.35. The van der Waals surface area contributed by atoms with E-state index in [9.17, 15) is 9.18 Å². The number of fused-ring (bicyclic) bond motifs is 1. The number of hydrogen-bond donors (Lipinski definition) is 2. The molecule has 3 heterocycles. The number of benzene rings is 1. The molecule has 0 radical (unpaired) electrons. The molecule has 0 aliphatic heterocycles. The van der Waals surface area contributed by atoms with Crippen molar-refractivity contribution in [1.82, 2.24) is 19.9 Å². The van der Waals surface area contributed by atoms with Crippen LogP contribution in [0.15, 0.2) is 60.2 Å². The molecule has 0 saturated heterocycles. The van der Waals surface area contributed by atoms with E-state index in [1.54, 1.807) is 24.4 Å². The molecule has 9 heteroatoms. The maximum Gasteiger partial charge on any atom is 0.413 e. The first-order chi connectivity index (χ1) is 14.2. The monoisotopic (exact) mass is 411 g/mol. The Labute approximate surface area is 170 Å². The van der Waals surface area contributed by atoms with E-state index >= 15 is 0 Å². The Kier molecular flexibility index (Phi) is 5.66. The number of hydrogen-bond acceptors (Lipinski definition) is 6. The van der Waals surface area contributed by atoms with Crippen LogP contribution in [0.3, 0.4) is 0 Å². The molecule has 1 amide bonds. The highest BCUT2D eigenvalue weighted by Gasteiger charge is 2.07. The molecule has 4 aromatic rings. The number of nitrogens with zero attached hydrogens (tertiary/aromatic N) is 3. The number of rotatable bonds is 7. The lowest BCUT2D eigenvalue weighted by Gasteiger charge is -2.08. The fourth-order valence-corrected chi connectivity index (χ4v) is 3.37. The summed E-state index contributed by atoms with van der Waals surface area (Å²) in [6.07, 6.45) is 3.89. The van der Waals surface area contributed by atoms with Crippen molar-refractivity contribution in [2.24, 2.45) is 0 Å². The van der Waals surface area contributed by atoms with Crippen molar-refractivity contribution in [3.63, 3.8) is 0 Å². The quantitative estimate of drug-likeness (QED) is 0.436. The van der Waals surface area contributed by atoms with Gasteiger partial charge in [-0.1, -0.05) is 6.07 Å². The summed E-state index contributed by atoms with van der Waals surface area (Å²) in [6, 6.07) is 11.6. The molecule has 0 saturated carbocycles. The molecule has 1 aromatic carbocycles. The average molecular weight is 411 g/mol. The van der Waals surface area contributed by atoms with Gasteiger partial charge in [-0.25, -0.2) is 14.2 Å². The maximum absolute atomic E-state index is 13.3. The maximum atomic E-state index is 13.3. The topological polar surface area (TPSA) is 81.1 Å². The van der Waals surface area contributed by atoms with E-state index in [0.29, 0.717) is 36.2 Å². The summed E-state index contributed by atoms with van der Waals surface area (Å²) in [7, 11) is 0. The first-order valence-corrected chi connectivity index (χ1v) is 9.89. The Bertz CT molecular complexity index is 1110. The molecule has 3 aromatic heterocycles. The molecule has 148 valence electrons. The molecule has 29 heavy (non-hydrogen) atoms. The van der Waals surface area contributed by atoms with Crippen molar-refractivity contribution < 1.29 is 13.9 Å². The van der Waals surface area contributed by atoms with Crippen LogP contribution in [0.25, 0.3) is 11.0 Å². The fourth-order valence-electron chi connectivity index (χ4n) is 2.80. The zero-order valence-corrected chi connectivity index (χ0v) is 16.2. The number of thiophene rings is 1. The van der Waals surface area contributed by atoms with Gasteiger partial charge in [0, 0.05) is 36.6 Å². The van der Waals surface area contributed by atoms with E-state index in [1.807, 2.05) is 28.3 Å². The van der Waals surface area contributed by atoms with Crippen LogP contribution in [0.4, 0.5) is 20.8 Å². The third kappa shape index (κ3) is 4.88. The molecule has 4 rings (SSSR count). The van der Waals surface area contributed by atoms with Gasteiger partial charge in [-0.3, -0.25) is 0 Å². The number of anilines is 2. The van der Waals surface area contributed by atoms with E-state index in [0.717, 1.165) is 11.0 Å². The summed E-state index contributed by atoms with van der Waals surface area (Å²) in [4.78, 5) is 20.5. The van der Waals surface area contributed by atoms with Crippen LogP contribution in [-0.4, -0.2) is 27.2 Å². The van der Waals surface area contributed by atoms with Crippen LogP contribution in [0.1, 0.15) is 6.42 Å². The highest BCUT2D eigenvalue weighted by atomic mass is 32.1. The third-order valence-electron chi connectivity index (χ3n) is 4.12. The van der Waals surface area contributed by atoms with Crippen LogP contribution in [0.2, 0.25) is 0 Å². The highest BCUT2D eigenvalue weighted by molar-refractivity contribution is 7.11. The smallest absolute Gasteiger partial charge is 0.399 e. The number of halogens is 1. The first-order valence-electron chi connectivity index (χ1n) is 9.01. The van der Waals surface area contributed by atoms with Gasteiger partial charge in [0.1, 0.15) is 11.5 Å². The van der Waals surface area contributed by atoms with Gasteiger partial charge in [0.05, 0.1) is 0 Å². The van der Waals surface area contributed by atoms with E-state index < -0.39 is 6.09 Å². The summed E-state index contributed by atoms with van der Waals surface area (Å²) in [5, 5.41) is 9.05. The molecule has 0 aliphatic rings. The van der Waals surface area contributed by atoms with Gasteiger partial charge in [-0.05, 0) is 48.2 Å². The third-order valence-corrected chi connectivity index (χ3v) is 4.86. The number of carbonyl (C=O) groups excluding carboxylic acids is 1. The lowest BCUT2D eigenvalue weighted by Crippen LogP contribution is -2.28. The predicted octanol–water partition coefficient (Wildman–Crippen LogP) is 4.55. The number of aryl methyl sites for hydroxylation is 1. The van der Waals surface area contributed by atoms with E-state index in [-0.39, 0.29) is 5.82 Å². The van der Waals surface area contributed by atoms with E-state index in [2.05, 4.69) is 20.6 Å². The Morgan fingerprint density at radius 3 is 3.00 bits per heavy atom. The molecule has 2 N–H and O–H groups in total. The Morgan fingerprint density at radius 1 is 1.24 bits per heavy atom. The minimum atomic E-state index is -0.464. The van der Waals surface area contributed by atoms with Crippen LogP contribution in [0.5, 0.6) is 5.06 Å². The predicted molar refractivity (Wildman–Crippen MR) is 110 cm³/mol. The second-order valence-corrected chi connectivity index (χ2v) is 7.13. The van der Waals surface area contributed by atoms with Gasteiger partial charge in [0.2, 0.25) is 5.95 Å². The standard InChI is InChI=1S/C20H18FN5O2S/c21-15-4-1-5-16(12-15)24-19-23-13-14-7-10-26(18(14)25-19)9-3-8-22-20(27)28-17-6-2-11-29-17/h1-2,4-7,10-13H,3,8-9H2,(H,22,27)(H,23,24,25). The lowest BCUT2D eigenvalue weighted by molar-refractivity contribution is 0.201. The molecule has 0 fully saturated rings. The van der Waals surface area contributed by atoms with Crippen molar-refractivity contribution in [3.05, 3.63) is 66.1 Å². The van der Waals surface area contributed by atoms with Crippen LogP contribution in [-0.2, 0) is 6.54 Å². The van der Waals surface area contributed by atoms with Crippen molar-refractivity contribution in [1.29, 1.82) is 0 Å². The molecular weight excluding hydrogens is 393 g/mol. The van der Waals surface area contributed by atoms with Gasteiger partial charge in [-0.15, -0.1) is 11.3 Å². The molecular formula is C20H18FN5O2S. The minimum Gasteiger partial charge on any atom is -0.399 e. The first kappa shape index (κ1) is 18.9. The minimum absolute atomic E-state index is 0.329. The van der Waals surface area contributed by atoms with Gasteiger partial charge in [0.25, 0.3) is 0 Å². The Hall–Kier alpha value is -3.46. The molecule has 0 aliphatic carbocycles. The van der Waals surface area contributed by atoms with E-state index in [4.69, 9.17) is 4.74 Å². The molecule has 0 spiro atoms. The second-order valence-electron chi connectivity index (χ2n) is 6.22. The van der Waals surface area contributed by atoms with Crippen LogP contribution in [0, 0.1) is 5.82 Å². The number of amides is 1. The normalized spacial score (nSPS) is 10.8. The van der Waals surface area contributed by atoms with Gasteiger partial charge in [0.15, 0.2) is 5.06 Å². The lowest BCUT2D eigenvalue weighted by atomic mass is 10.3. The van der Waals surface area contributed by atoms with E-state index in [1.165, 1.54) is 23.5 Å². The number of nitrogens with one attached hydrogen (secondary N) is 2.